The number of fused-ring (bicyclic) bond motifs is 1. The van der Waals surface area contributed by atoms with Gasteiger partial charge < -0.3 is 4.74 Å². The summed E-state index contributed by atoms with van der Waals surface area (Å²) in [6.45, 7) is 4.32. The molecular formula is C24H24INO2S. The first-order valence-corrected chi connectivity index (χ1v) is 12.3. The summed E-state index contributed by atoms with van der Waals surface area (Å²) in [5, 5.41) is 0.995. The van der Waals surface area contributed by atoms with Crippen LogP contribution in [0.15, 0.2) is 42.5 Å². The molecule has 5 heteroatoms. The highest BCUT2D eigenvalue weighted by molar-refractivity contribution is 14.1. The van der Waals surface area contributed by atoms with Gasteiger partial charge in [0.05, 0.1) is 12.3 Å². The Balaban J connectivity index is 1.39. The lowest BCUT2D eigenvalue weighted by molar-refractivity contribution is 0.101. The van der Waals surface area contributed by atoms with Crippen molar-refractivity contribution in [1.29, 1.82) is 0 Å². The van der Waals surface area contributed by atoms with Crippen LogP contribution >= 0.6 is 33.9 Å². The van der Waals surface area contributed by atoms with Gasteiger partial charge in [-0.15, -0.1) is 11.3 Å². The van der Waals surface area contributed by atoms with Crippen LogP contribution < -0.4 is 4.74 Å². The van der Waals surface area contributed by atoms with Crippen LogP contribution in [0.1, 0.15) is 51.3 Å². The van der Waals surface area contributed by atoms with E-state index in [0.29, 0.717) is 12.5 Å². The maximum atomic E-state index is 11.5. The Hall–Kier alpha value is -1.73. The van der Waals surface area contributed by atoms with Crippen LogP contribution in [0, 0.1) is 6.92 Å². The summed E-state index contributed by atoms with van der Waals surface area (Å²) in [5.74, 6) is 1.76. The third-order valence-corrected chi connectivity index (χ3v) is 7.67. The lowest BCUT2D eigenvalue weighted by Crippen LogP contribution is -2.03. The molecule has 0 spiro atoms. The smallest absolute Gasteiger partial charge is 0.159 e. The van der Waals surface area contributed by atoms with E-state index in [2.05, 4.69) is 47.7 Å². The maximum Gasteiger partial charge on any atom is 0.159 e. The second-order valence-corrected chi connectivity index (χ2v) is 9.59. The van der Waals surface area contributed by atoms with Crippen LogP contribution in [0.2, 0.25) is 0 Å². The zero-order chi connectivity index (χ0) is 20.4. The van der Waals surface area contributed by atoms with Crippen molar-refractivity contribution in [2.75, 3.05) is 11.0 Å². The largest absolute Gasteiger partial charge is 0.493 e. The van der Waals surface area contributed by atoms with Crippen LogP contribution in [-0.4, -0.2) is 21.8 Å². The van der Waals surface area contributed by atoms with Crippen LogP contribution in [0.3, 0.4) is 0 Å². The average molecular weight is 517 g/mol. The van der Waals surface area contributed by atoms with Crippen molar-refractivity contribution >= 4 is 39.7 Å². The summed E-state index contributed by atoms with van der Waals surface area (Å²) in [7, 11) is 0. The monoisotopic (exact) mass is 517 g/mol. The third-order valence-electron chi connectivity index (χ3n) is 5.54. The number of halogens is 1. The highest BCUT2D eigenvalue weighted by Gasteiger charge is 2.21. The number of rotatable bonds is 7. The van der Waals surface area contributed by atoms with Crippen LogP contribution in [0.5, 0.6) is 5.75 Å². The van der Waals surface area contributed by atoms with Gasteiger partial charge in [0, 0.05) is 26.9 Å². The molecule has 3 nitrogen and oxygen atoms in total. The minimum absolute atomic E-state index is 0.0843. The number of Topliss-reactive ketones (excluding diaryl/α,β-unsaturated/α-hetero) is 1. The molecule has 2 aromatic carbocycles. The van der Waals surface area contributed by atoms with Gasteiger partial charge in [0.15, 0.2) is 5.78 Å². The number of ketones is 1. The SMILES string of the molecule is CC(=O)c1ccc(-c2nc(CCOc3ccc4c(c3)CC[C@H]4CI)c(C)s2)cc1. The van der Waals surface area contributed by atoms with E-state index in [1.54, 1.807) is 18.3 Å². The van der Waals surface area contributed by atoms with Gasteiger partial charge in [-0.3, -0.25) is 4.79 Å². The van der Waals surface area contributed by atoms with Gasteiger partial charge in [-0.05, 0) is 55.9 Å². The average Bonchev–Trinajstić information content (AvgIpc) is 3.31. The fraction of sp³-hybridized carbons (Fsp3) is 0.333. The zero-order valence-corrected chi connectivity index (χ0v) is 19.7. The molecule has 4 rings (SSSR count). The normalized spacial score (nSPS) is 15.3. The van der Waals surface area contributed by atoms with E-state index in [9.17, 15) is 4.79 Å². The molecule has 0 bridgehead atoms. The minimum atomic E-state index is 0.0843. The highest BCUT2D eigenvalue weighted by Crippen LogP contribution is 2.36. The van der Waals surface area contributed by atoms with Crippen molar-refractivity contribution in [3.05, 3.63) is 69.7 Å². The summed E-state index contributed by atoms with van der Waals surface area (Å²) in [6.07, 6.45) is 3.22. The predicted molar refractivity (Wildman–Crippen MR) is 128 cm³/mol. The number of carbonyl (C=O) groups is 1. The molecule has 0 fully saturated rings. The Kier molecular flexibility index (Phi) is 6.35. The topological polar surface area (TPSA) is 39.2 Å². The molecule has 1 aliphatic rings. The molecule has 1 atom stereocenters. The van der Waals surface area contributed by atoms with Crippen molar-refractivity contribution in [3.8, 4) is 16.3 Å². The van der Waals surface area contributed by atoms with Gasteiger partial charge in [-0.25, -0.2) is 4.98 Å². The van der Waals surface area contributed by atoms with E-state index in [0.717, 1.165) is 40.4 Å². The number of aromatic nitrogens is 1. The van der Waals surface area contributed by atoms with Crippen molar-refractivity contribution in [1.82, 2.24) is 4.98 Å². The van der Waals surface area contributed by atoms with Gasteiger partial charge in [-0.1, -0.05) is 52.9 Å². The molecule has 150 valence electrons. The molecule has 0 saturated heterocycles. The van der Waals surface area contributed by atoms with Crippen molar-refractivity contribution in [2.24, 2.45) is 0 Å². The highest BCUT2D eigenvalue weighted by atomic mass is 127. The summed E-state index contributed by atoms with van der Waals surface area (Å²) in [5.41, 5.74) is 5.83. The summed E-state index contributed by atoms with van der Waals surface area (Å²) < 4.78 is 7.23. The van der Waals surface area contributed by atoms with Crippen molar-refractivity contribution < 1.29 is 9.53 Å². The van der Waals surface area contributed by atoms with Gasteiger partial charge in [-0.2, -0.15) is 0 Å². The van der Waals surface area contributed by atoms with Crippen molar-refractivity contribution in [2.45, 2.75) is 39.0 Å². The second-order valence-electron chi connectivity index (χ2n) is 7.50. The van der Waals surface area contributed by atoms with E-state index in [1.165, 1.54) is 26.9 Å². The zero-order valence-electron chi connectivity index (χ0n) is 16.7. The first-order valence-electron chi connectivity index (χ1n) is 9.94. The quantitative estimate of drug-likeness (QED) is 0.207. The summed E-state index contributed by atoms with van der Waals surface area (Å²) in [6, 6.07) is 14.3. The van der Waals surface area contributed by atoms with Crippen molar-refractivity contribution in [3.63, 3.8) is 0 Å². The Bertz CT molecular complexity index is 1030. The molecule has 1 heterocycles. The number of benzene rings is 2. The molecule has 29 heavy (non-hydrogen) atoms. The number of carbonyl (C=O) groups excluding carboxylic acids is 1. The van der Waals surface area contributed by atoms with E-state index >= 15 is 0 Å². The van der Waals surface area contributed by atoms with E-state index in [1.807, 2.05) is 24.3 Å². The molecule has 0 radical (unpaired) electrons. The molecule has 3 aromatic rings. The first-order chi connectivity index (χ1) is 14.0. The molecule has 0 unspecified atom stereocenters. The van der Waals surface area contributed by atoms with Crippen LogP contribution in [0.25, 0.3) is 10.6 Å². The summed E-state index contributed by atoms with van der Waals surface area (Å²) in [4.78, 5) is 17.5. The number of alkyl halides is 1. The van der Waals surface area contributed by atoms with E-state index < -0.39 is 0 Å². The fourth-order valence-corrected chi connectivity index (χ4v) is 5.71. The molecule has 0 N–H and O–H groups in total. The number of aryl methyl sites for hydroxylation is 2. The number of hydrogen-bond acceptors (Lipinski definition) is 4. The minimum Gasteiger partial charge on any atom is -0.493 e. The third kappa shape index (κ3) is 4.56. The fourth-order valence-electron chi connectivity index (χ4n) is 3.83. The number of ether oxygens (including phenoxy) is 1. The molecule has 0 amide bonds. The standard InChI is InChI=1S/C24H24INO2S/c1-15(27)17-3-5-18(6-4-17)24-26-23(16(2)29-24)11-12-28-21-9-10-22-19(13-21)7-8-20(22)14-25/h3-6,9-10,13,20H,7-8,11-12,14H2,1-2H3/t20-/m0/s1. The lowest BCUT2D eigenvalue weighted by atomic mass is 10.0. The molecule has 1 aromatic heterocycles. The number of nitrogens with zero attached hydrogens (tertiary/aromatic N) is 1. The van der Waals surface area contributed by atoms with E-state index in [4.69, 9.17) is 9.72 Å². The lowest BCUT2D eigenvalue weighted by Gasteiger charge is -2.10. The molecular weight excluding hydrogens is 493 g/mol. The van der Waals surface area contributed by atoms with Crippen LogP contribution in [-0.2, 0) is 12.8 Å². The van der Waals surface area contributed by atoms with Gasteiger partial charge in [0.25, 0.3) is 0 Å². The van der Waals surface area contributed by atoms with Gasteiger partial charge in [0.1, 0.15) is 10.8 Å². The molecule has 0 saturated carbocycles. The molecule has 1 aliphatic carbocycles. The number of hydrogen-bond donors (Lipinski definition) is 0. The Morgan fingerprint density at radius 2 is 2.03 bits per heavy atom. The Labute approximate surface area is 189 Å². The maximum absolute atomic E-state index is 11.5. The van der Waals surface area contributed by atoms with Crippen LogP contribution in [0.4, 0.5) is 0 Å². The van der Waals surface area contributed by atoms with Gasteiger partial charge >= 0.3 is 0 Å². The second kappa shape index (κ2) is 8.96. The predicted octanol–water partition coefficient (Wildman–Crippen LogP) is 6.41. The summed E-state index contributed by atoms with van der Waals surface area (Å²) >= 11 is 4.18. The molecule has 0 aliphatic heterocycles. The van der Waals surface area contributed by atoms with E-state index in [-0.39, 0.29) is 5.78 Å². The van der Waals surface area contributed by atoms with Gasteiger partial charge in [0.2, 0.25) is 0 Å². The first kappa shape index (κ1) is 20.5. The number of thiazole rings is 1. The Morgan fingerprint density at radius 3 is 2.76 bits per heavy atom. The Morgan fingerprint density at radius 1 is 1.24 bits per heavy atom.